The van der Waals surface area contributed by atoms with E-state index in [-0.39, 0.29) is 42.1 Å². The predicted molar refractivity (Wildman–Crippen MR) is 169 cm³/mol. The molecule has 0 amide bonds. The van der Waals surface area contributed by atoms with E-state index in [1.807, 2.05) is 0 Å². The lowest BCUT2D eigenvalue weighted by molar-refractivity contribution is -0.828. The maximum Gasteiger partial charge on any atom is 0.293 e. The fourth-order valence-corrected chi connectivity index (χ4v) is 10.6. The molecule has 5 aliphatic rings. The maximum absolute atomic E-state index is 13.0. The number of nitrogens with two attached hydrogens (primary N) is 1. The predicted octanol–water partition coefficient (Wildman–Crippen LogP) is -0.0150. The number of likely N-dealkylation sites (tertiary alicyclic amines) is 1. The number of allylic oxidation sites excluding steroid dienone is 1. The van der Waals surface area contributed by atoms with Crippen LogP contribution in [0, 0.1) is 34.5 Å². The Morgan fingerprint density at radius 2 is 2.02 bits per heavy atom. The number of nitrogens with zero attached hydrogens (tertiary/aromatic N) is 1. The molecule has 1 aliphatic heterocycles. The van der Waals surface area contributed by atoms with Gasteiger partial charge in [0, 0.05) is 42.5 Å². The van der Waals surface area contributed by atoms with Crippen molar-refractivity contribution in [1.29, 1.82) is 0 Å². The molecule has 0 radical (unpaired) electrons. The SMILES string of the molecule is CN=C(N)[NH+]1CC[C@H](CNCCO)[C@@]2(C1)[C@@H]1CC[C@@H](C)[C@]23C[C@](O)(CO[C@H]2CCC[C@H](NCCC(C)C)C2)C(C(=O)[O-])=C3C1. The highest BCUT2D eigenvalue weighted by Crippen LogP contribution is 2.76. The number of aliphatic hydroxyl groups is 2. The van der Waals surface area contributed by atoms with E-state index in [0.29, 0.717) is 43.2 Å². The summed E-state index contributed by atoms with van der Waals surface area (Å²) in [6.45, 7) is 10.7. The molecule has 2 bridgehead atoms. The molecule has 0 aromatic carbocycles. The molecule has 1 saturated heterocycles. The molecule has 10 heteroatoms. The van der Waals surface area contributed by atoms with Gasteiger partial charge >= 0.3 is 0 Å². The second-order valence-corrected chi connectivity index (χ2v) is 15.2. The second kappa shape index (κ2) is 13.7. The van der Waals surface area contributed by atoms with Crippen molar-refractivity contribution in [3.63, 3.8) is 0 Å². The molecule has 4 aliphatic carbocycles. The number of aliphatic carboxylic acids is 1. The van der Waals surface area contributed by atoms with Gasteiger partial charge in [0.1, 0.15) is 5.60 Å². The third-order valence-corrected chi connectivity index (χ3v) is 12.5. The Morgan fingerprint density at radius 1 is 1.23 bits per heavy atom. The van der Waals surface area contributed by atoms with Crippen LogP contribution >= 0.6 is 0 Å². The van der Waals surface area contributed by atoms with E-state index < -0.39 is 17.0 Å². The topological polar surface area (TPSA) is 157 Å². The number of carbonyl (C=O) groups is 1. The van der Waals surface area contributed by atoms with Gasteiger partial charge in [-0.25, -0.2) is 4.99 Å². The largest absolute Gasteiger partial charge is 0.545 e. The van der Waals surface area contributed by atoms with Crippen molar-refractivity contribution < 1.29 is 29.8 Å². The van der Waals surface area contributed by atoms with E-state index in [0.717, 1.165) is 88.0 Å². The molecule has 5 rings (SSSR count). The summed E-state index contributed by atoms with van der Waals surface area (Å²) < 4.78 is 6.50. The minimum atomic E-state index is -1.60. The summed E-state index contributed by atoms with van der Waals surface area (Å²) in [6.07, 6.45) is 9.10. The molecule has 0 aromatic rings. The quantitative estimate of drug-likeness (QED) is 0.101. The lowest BCUT2D eigenvalue weighted by Gasteiger charge is -2.60. The molecule has 1 unspecified atom stereocenters. The first-order valence-corrected chi connectivity index (χ1v) is 17.4. The zero-order valence-electron chi connectivity index (χ0n) is 27.6. The lowest BCUT2D eigenvalue weighted by atomic mass is 9.45. The van der Waals surface area contributed by atoms with Crippen LogP contribution in [-0.2, 0) is 9.53 Å². The van der Waals surface area contributed by atoms with E-state index in [9.17, 15) is 20.1 Å². The van der Waals surface area contributed by atoms with Gasteiger partial charge in [0.05, 0.1) is 38.4 Å². The summed E-state index contributed by atoms with van der Waals surface area (Å²) in [7, 11) is 1.74. The molecular weight excluding hydrogens is 558 g/mol. The number of hydrogen-bond acceptors (Lipinski definition) is 8. The zero-order valence-corrected chi connectivity index (χ0v) is 27.6. The average Bonchev–Trinajstić information content (AvgIpc) is 3.34. The fraction of sp³-hybridized carbons (Fsp3) is 0.882. The van der Waals surface area contributed by atoms with Crippen LogP contribution in [0.5, 0.6) is 0 Å². The van der Waals surface area contributed by atoms with E-state index >= 15 is 0 Å². The number of guanidine groups is 1. The number of rotatable bonds is 12. The van der Waals surface area contributed by atoms with Gasteiger partial charge < -0.3 is 41.2 Å². The Hall–Kier alpha value is -1.56. The number of quaternary nitrogens is 1. The van der Waals surface area contributed by atoms with Crippen molar-refractivity contribution in [2.45, 2.75) is 103 Å². The van der Waals surface area contributed by atoms with Crippen LogP contribution in [0.3, 0.4) is 0 Å². The van der Waals surface area contributed by atoms with Gasteiger partial charge in [-0.3, -0.25) is 4.90 Å². The molecule has 1 heterocycles. The highest BCUT2D eigenvalue weighted by Gasteiger charge is 2.75. The van der Waals surface area contributed by atoms with E-state index in [1.54, 1.807) is 7.05 Å². The van der Waals surface area contributed by atoms with Gasteiger partial charge in [-0.2, -0.15) is 0 Å². The van der Waals surface area contributed by atoms with Crippen molar-refractivity contribution in [2.75, 3.05) is 53.0 Å². The van der Waals surface area contributed by atoms with Crippen LogP contribution in [0.1, 0.15) is 85.0 Å². The number of carbonyl (C=O) groups excluding carboxylic acids is 1. The molecule has 9 atom stereocenters. The summed E-state index contributed by atoms with van der Waals surface area (Å²) in [4.78, 5) is 18.6. The van der Waals surface area contributed by atoms with Gasteiger partial charge in [0.2, 0.25) is 0 Å². The highest BCUT2D eigenvalue weighted by molar-refractivity contribution is 5.90. The second-order valence-electron chi connectivity index (χ2n) is 15.2. The monoisotopic (exact) mass is 617 g/mol. The van der Waals surface area contributed by atoms with Gasteiger partial charge in [0.15, 0.2) is 0 Å². The molecule has 7 N–H and O–H groups in total. The molecule has 44 heavy (non-hydrogen) atoms. The molecule has 0 aromatic heterocycles. The first kappa shape index (κ1) is 33.8. The van der Waals surface area contributed by atoms with E-state index in [1.165, 1.54) is 0 Å². The summed E-state index contributed by atoms with van der Waals surface area (Å²) in [5.74, 6) is 0.752. The minimum absolute atomic E-state index is 0.00799. The number of piperidine rings is 1. The normalized spacial score (nSPS) is 40.7. The molecule has 4 fully saturated rings. The van der Waals surface area contributed by atoms with Gasteiger partial charge in [-0.05, 0) is 94.5 Å². The molecule has 2 spiro atoms. The van der Waals surface area contributed by atoms with Crippen molar-refractivity contribution in [2.24, 2.45) is 45.2 Å². The van der Waals surface area contributed by atoms with E-state index in [4.69, 9.17) is 10.5 Å². The first-order valence-electron chi connectivity index (χ1n) is 17.4. The van der Waals surface area contributed by atoms with Gasteiger partial charge in [-0.1, -0.05) is 26.3 Å². The maximum atomic E-state index is 13.0. The van der Waals surface area contributed by atoms with Crippen LogP contribution in [0.25, 0.3) is 0 Å². The van der Waals surface area contributed by atoms with Crippen LogP contribution in [0.4, 0.5) is 0 Å². The Balaban J connectivity index is 1.45. The number of ether oxygens (including phenoxy) is 1. The third-order valence-electron chi connectivity index (χ3n) is 12.5. The Morgan fingerprint density at radius 3 is 2.73 bits per heavy atom. The van der Waals surface area contributed by atoms with Crippen LogP contribution < -0.4 is 26.4 Å². The minimum Gasteiger partial charge on any atom is -0.545 e. The summed E-state index contributed by atoms with van der Waals surface area (Å²) in [5.41, 5.74) is 5.15. The van der Waals surface area contributed by atoms with Crippen LogP contribution in [0.15, 0.2) is 16.1 Å². The van der Waals surface area contributed by atoms with E-state index in [2.05, 4.69) is 36.4 Å². The Kier molecular flexibility index (Phi) is 10.5. The standard InChI is InChI=1S/C34H59N5O5/c1-22(2)10-12-38-26-6-5-7-27(17-26)44-21-32(43)19-33-23(3)8-9-24(16-28(33)29(32)30(41)42)34(33)20-39(31(35)36-4)14-11-25(34)18-37-13-15-40/h22-27,37-38,40,43H,5-21H2,1-4H3,(H2,35,36)(H,41,42)/t23-,24-,25-,26+,27+,32+,33+,34-/m1/s1. The fourth-order valence-electron chi connectivity index (χ4n) is 10.6. The number of carboxylic acid groups (broad SMARTS) is 1. The van der Waals surface area contributed by atoms with Gasteiger partial charge in [0.25, 0.3) is 5.96 Å². The molecule has 10 nitrogen and oxygen atoms in total. The molecular formula is C34H59N5O5. The number of carboxylic acids is 1. The lowest BCUT2D eigenvalue weighted by Crippen LogP contribution is -3.19. The van der Waals surface area contributed by atoms with Crippen LogP contribution in [0.2, 0.25) is 0 Å². The van der Waals surface area contributed by atoms with Crippen molar-refractivity contribution >= 4 is 11.9 Å². The molecule has 250 valence electrons. The Bertz CT molecular complexity index is 1100. The zero-order chi connectivity index (χ0) is 31.7. The molecule has 3 saturated carbocycles. The number of aliphatic imine (C=N–C) groups is 1. The van der Waals surface area contributed by atoms with Crippen molar-refractivity contribution in [3.05, 3.63) is 11.1 Å². The van der Waals surface area contributed by atoms with Crippen molar-refractivity contribution in [1.82, 2.24) is 10.6 Å². The average molecular weight is 618 g/mol. The highest BCUT2D eigenvalue weighted by atomic mass is 16.5. The third kappa shape index (κ3) is 5.88. The van der Waals surface area contributed by atoms with Gasteiger partial charge in [-0.15, -0.1) is 0 Å². The summed E-state index contributed by atoms with van der Waals surface area (Å²) in [5, 5.41) is 42.2. The first-order chi connectivity index (χ1) is 21.0. The number of nitrogens with one attached hydrogen (secondary N) is 3. The number of aliphatic hydroxyl groups excluding tert-OH is 1. The summed E-state index contributed by atoms with van der Waals surface area (Å²) >= 11 is 0. The van der Waals surface area contributed by atoms with Crippen molar-refractivity contribution in [3.8, 4) is 0 Å². The smallest absolute Gasteiger partial charge is 0.293 e. The summed E-state index contributed by atoms with van der Waals surface area (Å²) in [6, 6.07) is 0.388. The number of hydrogen-bond donors (Lipinski definition) is 6. The Labute approximate surface area is 264 Å². The van der Waals surface area contributed by atoms with Crippen LogP contribution in [-0.4, -0.2) is 92.9 Å².